The molecule has 1 fully saturated rings. The van der Waals surface area contributed by atoms with Gasteiger partial charge in [-0.3, -0.25) is 0 Å². The number of aromatic nitrogens is 1. The average molecular weight is 355 g/mol. The summed E-state index contributed by atoms with van der Waals surface area (Å²) >= 11 is 6.09. The Kier molecular flexibility index (Phi) is 4.40. The molecule has 0 N–H and O–H groups in total. The lowest BCUT2D eigenvalue weighted by atomic mass is 10.3. The Morgan fingerprint density at radius 3 is 2.61 bits per heavy atom. The average Bonchev–Trinajstić information content (AvgIpc) is 3.27. The van der Waals surface area contributed by atoms with Crippen molar-refractivity contribution in [3.05, 3.63) is 47.2 Å². The van der Waals surface area contributed by atoms with Crippen LogP contribution in [0.1, 0.15) is 18.5 Å². The van der Waals surface area contributed by atoms with Crippen molar-refractivity contribution in [1.82, 2.24) is 8.87 Å². The molecule has 7 heteroatoms. The maximum absolute atomic E-state index is 13.0. The first-order chi connectivity index (χ1) is 10.9. The standard InChI is InChI=1S/C16H19ClN2O3S/c1-18-9-3-4-13(18)11-19(12-5-6-12)23(20,21)14-7-8-16(22-2)15(17)10-14/h3-4,7-10,12H,5-6,11H2,1-2H3. The minimum Gasteiger partial charge on any atom is -0.495 e. The van der Waals surface area contributed by atoms with Crippen LogP contribution in [0.2, 0.25) is 5.02 Å². The van der Waals surface area contributed by atoms with Gasteiger partial charge in [-0.25, -0.2) is 8.42 Å². The van der Waals surface area contributed by atoms with E-state index in [1.165, 1.54) is 13.2 Å². The van der Waals surface area contributed by atoms with Crippen LogP contribution < -0.4 is 4.74 Å². The molecule has 0 spiro atoms. The Balaban J connectivity index is 1.95. The fourth-order valence-electron chi connectivity index (χ4n) is 2.54. The molecular weight excluding hydrogens is 336 g/mol. The summed E-state index contributed by atoms with van der Waals surface area (Å²) in [5.74, 6) is 0.464. The van der Waals surface area contributed by atoms with Crippen LogP contribution in [-0.2, 0) is 23.6 Å². The molecular formula is C16H19ClN2O3S. The van der Waals surface area contributed by atoms with E-state index in [4.69, 9.17) is 16.3 Å². The molecule has 5 nitrogen and oxygen atoms in total. The molecule has 124 valence electrons. The molecule has 1 aromatic carbocycles. The first-order valence-corrected chi connectivity index (χ1v) is 9.21. The van der Waals surface area contributed by atoms with Crippen molar-refractivity contribution < 1.29 is 13.2 Å². The number of nitrogens with zero attached hydrogens (tertiary/aromatic N) is 2. The molecule has 0 aliphatic heterocycles. The third-order valence-corrected chi connectivity index (χ3v) is 6.24. The minimum atomic E-state index is -3.60. The van der Waals surface area contributed by atoms with Crippen molar-refractivity contribution in [3.8, 4) is 5.75 Å². The number of aryl methyl sites for hydroxylation is 1. The maximum atomic E-state index is 13.0. The van der Waals surface area contributed by atoms with Crippen LogP contribution in [0.15, 0.2) is 41.4 Å². The molecule has 1 aromatic heterocycles. The van der Waals surface area contributed by atoms with E-state index in [0.29, 0.717) is 17.3 Å². The molecule has 1 aliphatic carbocycles. The molecule has 0 saturated heterocycles. The van der Waals surface area contributed by atoms with Crippen LogP contribution in [0.3, 0.4) is 0 Å². The van der Waals surface area contributed by atoms with Crippen LogP contribution in [0.4, 0.5) is 0 Å². The predicted molar refractivity (Wildman–Crippen MR) is 89.2 cm³/mol. The second-order valence-corrected chi connectivity index (χ2v) is 7.99. The van der Waals surface area contributed by atoms with Crippen LogP contribution in [0.5, 0.6) is 5.75 Å². The number of ether oxygens (including phenoxy) is 1. The molecule has 0 bridgehead atoms. The van der Waals surface area contributed by atoms with Crippen molar-refractivity contribution in [3.63, 3.8) is 0 Å². The highest BCUT2D eigenvalue weighted by Crippen LogP contribution is 2.35. The van der Waals surface area contributed by atoms with Crippen LogP contribution in [-0.4, -0.2) is 30.4 Å². The summed E-state index contributed by atoms with van der Waals surface area (Å²) in [6.07, 6.45) is 3.71. The van der Waals surface area contributed by atoms with Gasteiger partial charge in [0.15, 0.2) is 0 Å². The summed E-state index contributed by atoms with van der Waals surface area (Å²) in [4.78, 5) is 0.199. The molecule has 0 amide bonds. The van der Waals surface area contributed by atoms with Gasteiger partial charge in [-0.2, -0.15) is 4.31 Å². The van der Waals surface area contributed by atoms with Gasteiger partial charge >= 0.3 is 0 Å². The fraction of sp³-hybridized carbons (Fsp3) is 0.375. The van der Waals surface area contributed by atoms with Crippen molar-refractivity contribution >= 4 is 21.6 Å². The zero-order valence-corrected chi connectivity index (χ0v) is 14.6. The highest BCUT2D eigenvalue weighted by atomic mass is 35.5. The molecule has 2 aromatic rings. The summed E-state index contributed by atoms with van der Waals surface area (Å²) in [5.41, 5.74) is 0.958. The third-order valence-electron chi connectivity index (χ3n) is 4.05. The maximum Gasteiger partial charge on any atom is 0.243 e. The second-order valence-electron chi connectivity index (χ2n) is 5.69. The first-order valence-electron chi connectivity index (χ1n) is 7.39. The number of benzene rings is 1. The molecule has 0 atom stereocenters. The predicted octanol–water partition coefficient (Wildman–Crippen LogP) is 3.04. The van der Waals surface area contributed by atoms with Gasteiger partial charge in [-0.1, -0.05) is 11.6 Å². The highest BCUT2D eigenvalue weighted by Gasteiger charge is 2.38. The van der Waals surface area contributed by atoms with E-state index in [9.17, 15) is 8.42 Å². The lowest BCUT2D eigenvalue weighted by Gasteiger charge is -2.22. The molecule has 0 radical (unpaired) electrons. The normalized spacial score (nSPS) is 15.1. The molecule has 1 heterocycles. The van der Waals surface area contributed by atoms with E-state index in [-0.39, 0.29) is 10.9 Å². The largest absolute Gasteiger partial charge is 0.495 e. The Morgan fingerprint density at radius 1 is 1.35 bits per heavy atom. The summed E-state index contributed by atoms with van der Waals surface area (Å²) in [6.45, 7) is 0.361. The van der Waals surface area contributed by atoms with Crippen LogP contribution in [0.25, 0.3) is 0 Å². The number of hydrogen-bond donors (Lipinski definition) is 0. The van der Waals surface area contributed by atoms with Crippen molar-refractivity contribution in [2.45, 2.75) is 30.3 Å². The van der Waals surface area contributed by atoms with E-state index in [2.05, 4.69) is 0 Å². The Morgan fingerprint density at radius 2 is 2.09 bits per heavy atom. The topological polar surface area (TPSA) is 51.5 Å². The minimum absolute atomic E-state index is 0.0655. The van der Waals surface area contributed by atoms with Gasteiger partial charge in [0.05, 0.1) is 23.6 Å². The Bertz CT molecular complexity index is 812. The van der Waals surface area contributed by atoms with E-state index < -0.39 is 10.0 Å². The molecule has 1 saturated carbocycles. The Labute approximate surface area is 141 Å². The molecule has 23 heavy (non-hydrogen) atoms. The van der Waals surface area contributed by atoms with E-state index in [1.54, 1.807) is 16.4 Å². The second kappa shape index (κ2) is 6.19. The molecule has 1 aliphatic rings. The zero-order chi connectivity index (χ0) is 16.6. The summed E-state index contributed by atoms with van der Waals surface area (Å²) < 4.78 is 34.6. The Hall–Kier alpha value is -1.50. The van der Waals surface area contributed by atoms with Crippen molar-refractivity contribution in [1.29, 1.82) is 0 Å². The van der Waals surface area contributed by atoms with Gasteiger partial charge in [0.25, 0.3) is 0 Å². The number of halogens is 1. The monoisotopic (exact) mass is 354 g/mol. The smallest absolute Gasteiger partial charge is 0.243 e. The molecule has 0 unspecified atom stereocenters. The van der Waals surface area contributed by atoms with E-state index >= 15 is 0 Å². The van der Waals surface area contributed by atoms with Crippen LogP contribution in [0, 0.1) is 0 Å². The number of rotatable bonds is 6. The lowest BCUT2D eigenvalue weighted by Crippen LogP contribution is -2.33. The number of sulfonamides is 1. The number of methoxy groups -OCH3 is 1. The van der Waals surface area contributed by atoms with Crippen LogP contribution >= 0.6 is 11.6 Å². The summed E-state index contributed by atoms with van der Waals surface area (Å²) in [6, 6.07) is 8.50. The summed E-state index contributed by atoms with van der Waals surface area (Å²) in [7, 11) is -0.183. The quantitative estimate of drug-likeness (QED) is 0.801. The van der Waals surface area contributed by atoms with E-state index in [1.807, 2.05) is 29.9 Å². The highest BCUT2D eigenvalue weighted by molar-refractivity contribution is 7.89. The van der Waals surface area contributed by atoms with Gasteiger partial charge in [-0.05, 0) is 43.2 Å². The van der Waals surface area contributed by atoms with Crippen molar-refractivity contribution in [2.75, 3.05) is 7.11 Å². The summed E-state index contributed by atoms with van der Waals surface area (Å²) in [5, 5.41) is 0.295. The van der Waals surface area contributed by atoms with Gasteiger partial charge in [-0.15, -0.1) is 0 Å². The zero-order valence-electron chi connectivity index (χ0n) is 13.1. The molecule has 3 rings (SSSR count). The van der Waals surface area contributed by atoms with Gasteiger partial charge < -0.3 is 9.30 Å². The third kappa shape index (κ3) is 3.24. The van der Waals surface area contributed by atoms with Gasteiger partial charge in [0.1, 0.15) is 5.75 Å². The van der Waals surface area contributed by atoms with Crippen molar-refractivity contribution in [2.24, 2.45) is 7.05 Å². The SMILES string of the molecule is COc1ccc(S(=O)(=O)N(Cc2cccn2C)C2CC2)cc1Cl. The lowest BCUT2D eigenvalue weighted by molar-refractivity contribution is 0.390. The fourth-order valence-corrected chi connectivity index (χ4v) is 4.54. The first kappa shape index (κ1) is 16.4. The number of hydrogen-bond acceptors (Lipinski definition) is 3. The van der Waals surface area contributed by atoms with Gasteiger partial charge in [0.2, 0.25) is 10.0 Å². The van der Waals surface area contributed by atoms with E-state index in [0.717, 1.165) is 18.5 Å². The van der Waals surface area contributed by atoms with Gasteiger partial charge in [0, 0.05) is 25.0 Å².